The summed E-state index contributed by atoms with van der Waals surface area (Å²) in [6, 6.07) is 0. The van der Waals surface area contributed by atoms with Gasteiger partial charge < -0.3 is 9.73 Å². The number of nitrogens with one attached hydrogen (secondary N) is 1. The van der Waals surface area contributed by atoms with Gasteiger partial charge in [0.2, 0.25) is 5.76 Å². The third kappa shape index (κ3) is 3.71. The quantitative estimate of drug-likeness (QED) is 0.834. The van der Waals surface area contributed by atoms with Crippen LogP contribution in [0.15, 0.2) is 16.1 Å². The number of rotatable bonds is 5. The Morgan fingerprint density at radius 2 is 2.25 bits per heavy atom. The van der Waals surface area contributed by atoms with Crippen molar-refractivity contribution >= 4 is 5.91 Å². The van der Waals surface area contributed by atoms with Crippen molar-refractivity contribution in [2.45, 2.75) is 58.8 Å². The molecule has 0 saturated heterocycles. The molecule has 0 unspecified atom stereocenters. The van der Waals surface area contributed by atoms with Gasteiger partial charge in [0.25, 0.3) is 5.91 Å². The van der Waals surface area contributed by atoms with Crippen LogP contribution < -0.4 is 5.32 Å². The Morgan fingerprint density at radius 3 is 2.90 bits per heavy atom. The summed E-state index contributed by atoms with van der Waals surface area (Å²) in [6.07, 6.45) is 8.18. The van der Waals surface area contributed by atoms with Crippen LogP contribution in [0.25, 0.3) is 0 Å². The summed E-state index contributed by atoms with van der Waals surface area (Å²) >= 11 is 0. The van der Waals surface area contributed by atoms with Crippen molar-refractivity contribution in [2.24, 2.45) is 0 Å². The van der Waals surface area contributed by atoms with Crippen molar-refractivity contribution in [3.8, 4) is 0 Å². The molecule has 1 heterocycles. The first-order valence-corrected chi connectivity index (χ1v) is 7.51. The molecule has 0 bridgehead atoms. The van der Waals surface area contributed by atoms with Gasteiger partial charge >= 0.3 is 0 Å². The van der Waals surface area contributed by atoms with Gasteiger partial charge in [-0.15, -0.1) is 0 Å². The molecule has 1 aliphatic rings. The van der Waals surface area contributed by atoms with Crippen molar-refractivity contribution in [3.63, 3.8) is 0 Å². The van der Waals surface area contributed by atoms with E-state index >= 15 is 0 Å². The molecule has 0 atom stereocenters. The average Bonchev–Trinajstić information content (AvgIpc) is 2.82. The maximum atomic E-state index is 12.2. The molecule has 0 spiro atoms. The Morgan fingerprint density at radius 1 is 1.45 bits per heavy atom. The molecule has 0 fully saturated rings. The third-order valence-electron chi connectivity index (χ3n) is 3.63. The molecule has 2 rings (SSSR count). The molecule has 1 aliphatic carbocycles. The highest BCUT2D eigenvalue weighted by atomic mass is 16.4. The number of carbonyl (C=O) groups excluding carboxylic acids is 1. The second-order valence-electron chi connectivity index (χ2n) is 5.72. The summed E-state index contributed by atoms with van der Waals surface area (Å²) in [7, 11) is 0. The zero-order valence-corrected chi connectivity index (χ0v) is 12.7. The Kier molecular flexibility index (Phi) is 4.99. The van der Waals surface area contributed by atoms with Crippen LogP contribution in [0.1, 0.15) is 74.0 Å². The van der Waals surface area contributed by atoms with E-state index in [1.807, 2.05) is 13.8 Å². The molecule has 4 nitrogen and oxygen atoms in total. The highest BCUT2D eigenvalue weighted by Crippen LogP contribution is 2.21. The molecule has 1 amide bonds. The largest absolute Gasteiger partial charge is 0.436 e. The fourth-order valence-corrected chi connectivity index (χ4v) is 2.55. The molecule has 0 saturated carbocycles. The van der Waals surface area contributed by atoms with Gasteiger partial charge in [-0.1, -0.05) is 25.5 Å². The van der Waals surface area contributed by atoms with Crippen LogP contribution in [-0.4, -0.2) is 17.4 Å². The number of aryl methyl sites for hydroxylation is 1. The van der Waals surface area contributed by atoms with Crippen LogP contribution in [0.5, 0.6) is 0 Å². The van der Waals surface area contributed by atoms with Crippen molar-refractivity contribution < 1.29 is 9.21 Å². The number of hydrogen-bond donors (Lipinski definition) is 1. The minimum Gasteiger partial charge on any atom is -0.436 e. The fourth-order valence-electron chi connectivity index (χ4n) is 2.55. The van der Waals surface area contributed by atoms with E-state index in [2.05, 4.69) is 16.4 Å². The lowest BCUT2D eigenvalue weighted by molar-refractivity contribution is 0.0923. The van der Waals surface area contributed by atoms with E-state index in [1.54, 1.807) is 6.92 Å². The van der Waals surface area contributed by atoms with E-state index in [-0.39, 0.29) is 11.8 Å². The molecule has 0 aromatic carbocycles. The van der Waals surface area contributed by atoms with Crippen LogP contribution in [0.4, 0.5) is 0 Å². The normalized spacial score (nSPS) is 15.3. The number of amides is 1. The van der Waals surface area contributed by atoms with Crippen molar-refractivity contribution in [2.75, 3.05) is 6.54 Å². The van der Waals surface area contributed by atoms with Gasteiger partial charge in [0.15, 0.2) is 5.89 Å². The summed E-state index contributed by atoms with van der Waals surface area (Å²) in [4.78, 5) is 16.5. The predicted molar refractivity (Wildman–Crippen MR) is 78.8 cm³/mol. The maximum absolute atomic E-state index is 12.2. The number of carbonyl (C=O) groups is 1. The highest BCUT2D eigenvalue weighted by Gasteiger charge is 2.20. The first kappa shape index (κ1) is 14.8. The zero-order valence-electron chi connectivity index (χ0n) is 12.7. The van der Waals surface area contributed by atoms with E-state index in [0.29, 0.717) is 18.2 Å². The second-order valence-corrected chi connectivity index (χ2v) is 5.72. The Balaban J connectivity index is 1.90. The van der Waals surface area contributed by atoms with Crippen LogP contribution in [0.3, 0.4) is 0 Å². The van der Waals surface area contributed by atoms with E-state index in [0.717, 1.165) is 12.1 Å². The van der Waals surface area contributed by atoms with Gasteiger partial charge in [-0.05, 0) is 38.0 Å². The topological polar surface area (TPSA) is 55.1 Å². The fraction of sp³-hybridized carbons (Fsp3) is 0.625. The molecule has 1 aromatic heterocycles. The van der Waals surface area contributed by atoms with Crippen LogP contribution in [0, 0.1) is 6.92 Å². The van der Waals surface area contributed by atoms with E-state index < -0.39 is 0 Å². The molecule has 0 aliphatic heterocycles. The summed E-state index contributed by atoms with van der Waals surface area (Å²) in [6.45, 7) is 6.47. The number of nitrogens with zero attached hydrogens (tertiary/aromatic N) is 1. The molecule has 0 radical (unpaired) electrons. The summed E-state index contributed by atoms with van der Waals surface area (Å²) in [5, 5.41) is 2.94. The summed E-state index contributed by atoms with van der Waals surface area (Å²) in [5.74, 6) is 0.962. The predicted octanol–water partition coefficient (Wildman–Crippen LogP) is 3.73. The van der Waals surface area contributed by atoms with Crippen molar-refractivity contribution in [3.05, 3.63) is 29.0 Å². The average molecular weight is 276 g/mol. The first-order chi connectivity index (χ1) is 9.58. The molecule has 1 N–H and O–H groups in total. The lowest BCUT2D eigenvalue weighted by atomic mass is 9.97. The van der Waals surface area contributed by atoms with Gasteiger partial charge in [0.05, 0.1) is 5.69 Å². The Hall–Kier alpha value is -1.58. The number of oxazole rings is 1. The van der Waals surface area contributed by atoms with Gasteiger partial charge in [0.1, 0.15) is 0 Å². The standard InChI is InChI=1S/C16H24N2O2/c1-11(2)14-15(20-12(3)18-14)16(19)17-10-9-13-7-5-4-6-8-13/h7,11H,4-6,8-10H2,1-3H3,(H,17,19). The summed E-state index contributed by atoms with van der Waals surface area (Å²) < 4.78 is 5.44. The third-order valence-corrected chi connectivity index (χ3v) is 3.63. The monoisotopic (exact) mass is 276 g/mol. The molecule has 4 heteroatoms. The molecular weight excluding hydrogens is 252 g/mol. The van der Waals surface area contributed by atoms with Crippen LogP contribution in [0.2, 0.25) is 0 Å². The van der Waals surface area contributed by atoms with Gasteiger partial charge in [-0.2, -0.15) is 0 Å². The molecule has 1 aromatic rings. The minimum absolute atomic E-state index is 0.147. The summed E-state index contributed by atoms with van der Waals surface area (Å²) in [5.41, 5.74) is 2.21. The first-order valence-electron chi connectivity index (χ1n) is 7.51. The smallest absolute Gasteiger partial charge is 0.289 e. The second kappa shape index (κ2) is 6.73. The van der Waals surface area contributed by atoms with Gasteiger partial charge in [0, 0.05) is 13.5 Å². The van der Waals surface area contributed by atoms with E-state index in [9.17, 15) is 4.79 Å². The SMILES string of the molecule is Cc1nc(C(C)C)c(C(=O)NCCC2=CCCCC2)o1. The van der Waals surface area contributed by atoms with Crippen LogP contribution >= 0.6 is 0 Å². The Bertz CT molecular complexity index is 501. The zero-order chi connectivity index (χ0) is 14.5. The lowest BCUT2D eigenvalue weighted by Gasteiger charge is -2.12. The molecule has 20 heavy (non-hydrogen) atoms. The van der Waals surface area contributed by atoms with Crippen molar-refractivity contribution in [1.29, 1.82) is 0 Å². The van der Waals surface area contributed by atoms with Gasteiger partial charge in [-0.3, -0.25) is 4.79 Å². The minimum atomic E-state index is -0.147. The van der Waals surface area contributed by atoms with E-state index in [4.69, 9.17) is 4.42 Å². The van der Waals surface area contributed by atoms with E-state index in [1.165, 1.54) is 31.3 Å². The Labute approximate surface area is 120 Å². The highest BCUT2D eigenvalue weighted by molar-refractivity contribution is 5.92. The molecule has 110 valence electrons. The number of aromatic nitrogens is 1. The van der Waals surface area contributed by atoms with Gasteiger partial charge in [-0.25, -0.2) is 4.98 Å². The molecular formula is C16H24N2O2. The lowest BCUT2D eigenvalue weighted by Crippen LogP contribution is -2.25. The van der Waals surface area contributed by atoms with Crippen LogP contribution in [-0.2, 0) is 0 Å². The maximum Gasteiger partial charge on any atom is 0.289 e. The van der Waals surface area contributed by atoms with Crippen molar-refractivity contribution in [1.82, 2.24) is 10.3 Å². The number of allylic oxidation sites excluding steroid dienone is 1. The number of hydrogen-bond acceptors (Lipinski definition) is 3.